The average molecular weight is 380 g/mol. The number of hydrogen-bond acceptors (Lipinski definition) is 3. The number of rotatable bonds is 6. The number of para-hydroxylation sites is 2. The highest BCUT2D eigenvalue weighted by Crippen LogP contribution is 2.33. The van der Waals surface area contributed by atoms with Gasteiger partial charge < -0.3 is 14.5 Å². The number of ether oxygens (including phenoxy) is 1. The van der Waals surface area contributed by atoms with Crippen LogP contribution in [0.2, 0.25) is 0 Å². The van der Waals surface area contributed by atoms with Gasteiger partial charge in [-0.3, -0.25) is 9.59 Å². The molecule has 148 valence electrons. The van der Waals surface area contributed by atoms with E-state index in [4.69, 9.17) is 4.74 Å². The molecule has 5 nitrogen and oxygen atoms in total. The normalized spacial score (nSPS) is 16.8. The van der Waals surface area contributed by atoms with Crippen molar-refractivity contribution in [2.45, 2.75) is 33.6 Å². The van der Waals surface area contributed by atoms with Crippen LogP contribution in [0.3, 0.4) is 0 Å². The lowest BCUT2D eigenvalue weighted by Crippen LogP contribution is -2.38. The van der Waals surface area contributed by atoms with Gasteiger partial charge in [0, 0.05) is 6.54 Å². The van der Waals surface area contributed by atoms with Crippen LogP contribution >= 0.6 is 0 Å². The van der Waals surface area contributed by atoms with Gasteiger partial charge in [0.15, 0.2) is 0 Å². The monoisotopic (exact) mass is 380 g/mol. The summed E-state index contributed by atoms with van der Waals surface area (Å²) >= 11 is 0. The molecular weight excluding hydrogens is 352 g/mol. The van der Waals surface area contributed by atoms with Crippen LogP contribution in [0.1, 0.15) is 37.8 Å². The van der Waals surface area contributed by atoms with Crippen molar-refractivity contribution in [2.75, 3.05) is 29.5 Å². The van der Waals surface area contributed by atoms with Crippen LogP contribution in [0, 0.1) is 12.8 Å². The maximum Gasteiger partial charge on any atom is 0.231 e. The summed E-state index contributed by atoms with van der Waals surface area (Å²) in [6, 6.07) is 13.8. The molecule has 0 radical (unpaired) electrons. The van der Waals surface area contributed by atoms with E-state index in [9.17, 15) is 9.59 Å². The number of carbonyl (C=O) groups excluding carboxylic acids is 2. The van der Waals surface area contributed by atoms with E-state index in [1.54, 1.807) is 9.80 Å². The Kier molecular flexibility index (Phi) is 6.02. The standard InChI is InChI=1S/C23H28N2O3/c1-16(2)19-10-9-17(3)13-22(19)28-12-11-25-21-8-6-5-7-20(21)24(15-26)14-18(4)23(25)27/h5-10,13,15-16,18H,11-12,14H2,1-4H3. The van der Waals surface area contributed by atoms with Gasteiger partial charge in [0.1, 0.15) is 12.4 Å². The van der Waals surface area contributed by atoms with Gasteiger partial charge >= 0.3 is 0 Å². The first kappa shape index (κ1) is 19.9. The number of benzene rings is 2. The molecule has 1 aliphatic heterocycles. The van der Waals surface area contributed by atoms with Crippen LogP contribution in [0.4, 0.5) is 11.4 Å². The highest BCUT2D eigenvalue weighted by Gasteiger charge is 2.30. The fourth-order valence-electron chi connectivity index (χ4n) is 3.61. The minimum atomic E-state index is -0.275. The molecule has 28 heavy (non-hydrogen) atoms. The molecule has 0 saturated heterocycles. The number of nitrogens with zero attached hydrogens (tertiary/aromatic N) is 2. The third kappa shape index (κ3) is 4.03. The first-order valence-corrected chi connectivity index (χ1v) is 9.78. The molecule has 0 fully saturated rings. The molecule has 0 aliphatic carbocycles. The Balaban J connectivity index is 1.82. The molecule has 0 bridgehead atoms. The van der Waals surface area contributed by atoms with E-state index in [0.29, 0.717) is 25.6 Å². The Bertz CT molecular complexity index is 863. The van der Waals surface area contributed by atoms with Crippen molar-refractivity contribution in [1.29, 1.82) is 0 Å². The molecule has 0 N–H and O–H groups in total. The van der Waals surface area contributed by atoms with E-state index >= 15 is 0 Å². The summed E-state index contributed by atoms with van der Waals surface area (Å²) in [6.07, 6.45) is 0.796. The third-order valence-corrected chi connectivity index (χ3v) is 5.13. The lowest BCUT2D eigenvalue weighted by Gasteiger charge is -2.25. The Morgan fingerprint density at radius 2 is 1.89 bits per heavy atom. The van der Waals surface area contributed by atoms with Crippen LogP contribution in [-0.2, 0) is 9.59 Å². The van der Waals surface area contributed by atoms with Crippen molar-refractivity contribution in [3.8, 4) is 5.75 Å². The van der Waals surface area contributed by atoms with Crippen LogP contribution in [-0.4, -0.2) is 32.0 Å². The van der Waals surface area contributed by atoms with Gasteiger partial charge in [0.05, 0.1) is 23.8 Å². The number of hydrogen-bond donors (Lipinski definition) is 0. The Morgan fingerprint density at radius 1 is 1.18 bits per heavy atom. The fourth-order valence-corrected chi connectivity index (χ4v) is 3.61. The molecule has 2 aromatic rings. The smallest absolute Gasteiger partial charge is 0.231 e. The zero-order chi connectivity index (χ0) is 20.3. The molecule has 2 aromatic carbocycles. The van der Waals surface area contributed by atoms with Crippen LogP contribution in [0.5, 0.6) is 5.75 Å². The van der Waals surface area contributed by atoms with E-state index in [0.717, 1.165) is 34.7 Å². The average Bonchev–Trinajstić information content (AvgIpc) is 2.78. The van der Waals surface area contributed by atoms with Crippen molar-refractivity contribution in [3.05, 3.63) is 53.6 Å². The first-order chi connectivity index (χ1) is 13.4. The molecule has 0 aromatic heterocycles. The fraction of sp³-hybridized carbons (Fsp3) is 0.391. The van der Waals surface area contributed by atoms with E-state index in [1.807, 2.05) is 44.2 Å². The Labute approximate surface area is 166 Å². The lowest BCUT2D eigenvalue weighted by atomic mass is 10.0. The van der Waals surface area contributed by atoms with Crippen LogP contribution < -0.4 is 14.5 Å². The molecular formula is C23H28N2O3. The van der Waals surface area contributed by atoms with Gasteiger partial charge in [-0.25, -0.2) is 0 Å². The SMILES string of the molecule is Cc1ccc(C(C)C)c(OCCN2C(=O)C(C)CN(C=O)c3ccccc32)c1. The second kappa shape index (κ2) is 8.46. The topological polar surface area (TPSA) is 49.9 Å². The van der Waals surface area contributed by atoms with Gasteiger partial charge in [0.25, 0.3) is 0 Å². The van der Waals surface area contributed by atoms with Gasteiger partial charge in [-0.2, -0.15) is 0 Å². The van der Waals surface area contributed by atoms with Gasteiger partial charge in [-0.05, 0) is 42.2 Å². The first-order valence-electron chi connectivity index (χ1n) is 9.78. The second-order valence-electron chi connectivity index (χ2n) is 7.68. The third-order valence-electron chi connectivity index (χ3n) is 5.13. The summed E-state index contributed by atoms with van der Waals surface area (Å²) in [4.78, 5) is 27.9. The van der Waals surface area contributed by atoms with E-state index in [1.165, 1.54) is 0 Å². The Hall–Kier alpha value is -2.82. The van der Waals surface area contributed by atoms with Crippen molar-refractivity contribution in [1.82, 2.24) is 0 Å². The Morgan fingerprint density at radius 3 is 2.57 bits per heavy atom. The number of anilines is 2. The molecule has 3 rings (SSSR count). The van der Waals surface area contributed by atoms with Crippen LogP contribution in [0.25, 0.3) is 0 Å². The van der Waals surface area contributed by atoms with Crippen molar-refractivity contribution in [2.24, 2.45) is 5.92 Å². The zero-order valence-electron chi connectivity index (χ0n) is 17.0. The quantitative estimate of drug-likeness (QED) is 0.708. The van der Waals surface area contributed by atoms with Crippen LogP contribution in [0.15, 0.2) is 42.5 Å². The summed E-state index contributed by atoms with van der Waals surface area (Å²) in [6.45, 7) is 9.38. The summed E-state index contributed by atoms with van der Waals surface area (Å²) in [5.74, 6) is 0.960. The van der Waals surface area contributed by atoms with E-state index in [2.05, 4.69) is 26.0 Å². The highest BCUT2D eigenvalue weighted by atomic mass is 16.5. The molecule has 5 heteroatoms. The molecule has 0 saturated carbocycles. The lowest BCUT2D eigenvalue weighted by molar-refractivity contribution is -0.121. The molecule has 2 amide bonds. The number of amides is 2. The number of aryl methyl sites for hydroxylation is 1. The van der Waals surface area contributed by atoms with Crippen molar-refractivity contribution < 1.29 is 14.3 Å². The van der Waals surface area contributed by atoms with Gasteiger partial charge in [0.2, 0.25) is 12.3 Å². The maximum atomic E-state index is 13.0. The van der Waals surface area contributed by atoms with Gasteiger partial charge in [-0.1, -0.05) is 45.0 Å². The zero-order valence-corrected chi connectivity index (χ0v) is 17.0. The largest absolute Gasteiger partial charge is 0.491 e. The summed E-state index contributed by atoms with van der Waals surface area (Å²) in [7, 11) is 0. The molecule has 1 unspecified atom stereocenters. The predicted octanol–water partition coefficient (Wildman–Crippen LogP) is 4.14. The highest BCUT2D eigenvalue weighted by molar-refractivity contribution is 6.02. The van der Waals surface area contributed by atoms with E-state index in [-0.39, 0.29) is 11.8 Å². The van der Waals surface area contributed by atoms with Crippen molar-refractivity contribution in [3.63, 3.8) is 0 Å². The molecule has 1 atom stereocenters. The van der Waals surface area contributed by atoms with E-state index < -0.39 is 0 Å². The molecule has 0 spiro atoms. The molecule has 1 heterocycles. The summed E-state index contributed by atoms with van der Waals surface area (Å²) in [5.41, 5.74) is 3.81. The van der Waals surface area contributed by atoms with Gasteiger partial charge in [-0.15, -0.1) is 0 Å². The maximum absolute atomic E-state index is 13.0. The second-order valence-corrected chi connectivity index (χ2v) is 7.68. The predicted molar refractivity (Wildman–Crippen MR) is 112 cm³/mol. The number of carbonyl (C=O) groups is 2. The summed E-state index contributed by atoms with van der Waals surface area (Å²) < 4.78 is 6.10. The number of fused-ring (bicyclic) bond motifs is 1. The van der Waals surface area contributed by atoms with Crippen molar-refractivity contribution >= 4 is 23.7 Å². The molecule has 1 aliphatic rings. The minimum Gasteiger partial charge on any atom is -0.491 e. The minimum absolute atomic E-state index is 0.00808. The summed E-state index contributed by atoms with van der Waals surface area (Å²) in [5, 5.41) is 0.